The predicted octanol–water partition coefficient (Wildman–Crippen LogP) is 1.56. The summed E-state index contributed by atoms with van der Waals surface area (Å²) < 4.78 is 21.9. The van der Waals surface area contributed by atoms with Gasteiger partial charge < -0.3 is 20.5 Å². The van der Waals surface area contributed by atoms with Crippen molar-refractivity contribution in [3.8, 4) is 5.75 Å². The predicted molar refractivity (Wildman–Crippen MR) is 93.9 cm³/mol. The Bertz CT molecular complexity index is 987. The first-order chi connectivity index (χ1) is 12.3. The minimum absolute atomic E-state index is 0.0367. The maximum atomic E-state index is 15.0. The fourth-order valence-electron chi connectivity index (χ4n) is 4.03. The van der Waals surface area contributed by atoms with Crippen LogP contribution in [-0.2, 0) is 0 Å². The van der Waals surface area contributed by atoms with Crippen molar-refractivity contribution in [1.29, 1.82) is 0 Å². The van der Waals surface area contributed by atoms with E-state index in [0.717, 1.165) is 17.0 Å². The molecule has 4 heterocycles. The van der Waals surface area contributed by atoms with Gasteiger partial charge >= 0.3 is 5.97 Å². The number of hydrogen-bond acceptors (Lipinski definition) is 5. The first kappa shape index (κ1) is 16.8. The average molecular weight is 361 g/mol. The van der Waals surface area contributed by atoms with E-state index in [1.807, 2.05) is 18.7 Å². The Balaban J connectivity index is 2.07. The Kier molecular flexibility index (Phi) is 3.69. The maximum absolute atomic E-state index is 15.0. The summed E-state index contributed by atoms with van der Waals surface area (Å²) in [5.41, 5.74) is 6.27. The van der Waals surface area contributed by atoms with Crippen LogP contribution in [0.5, 0.6) is 5.75 Å². The van der Waals surface area contributed by atoms with Crippen LogP contribution in [0.1, 0.15) is 42.1 Å². The molecule has 2 aromatic heterocycles. The minimum atomic E-state index is -1.33. The average Bonchev–Trinajstić information content (AvgIpc) is 2.90. The number of carbonyl (C=O) groups is 1. The fraction of sp³-hybridized carbons (Fsp3) is 0.444. The van der Waals surface area contributed by atoms with Gasteiger partial charge in [0.25, 0.3) is 5.56 Å². The van der Waals surface area contributed by atoms with Crippen molar-refractivity contribution < 1.29 is 19.0 Å². The molecule has 0 aromatic carbocycles. The third-order valence-corrected chi connectivity index (χ3v) is 5.30. The van der Waals surface area contributed by atoms with Crippen LogP contribution in [0.2, 0.25) is 0 Å². The van der Waals surface area contributed by atoms with E-state index in [0.29, 0.717) is 23.3 Å². The SMILES string of the molecule is CC1COc2c(N3C[C@@H](N)C[C@@H]3C)c(F)cn3c(=O)c(C(=O)O)cc1c23. The number of pyridine rings is 2. The molecular formula is C18H20FN3O4. The molecule has 26 heavy (non-hydrogen) atoms. The highest BCUT2D eigenvalue weighted by Crippen LogP contribution is 2.43. The van der Waals surface area contributed by atoms with Gasteiger partial charge in [0.2, 0.25) is 0 Å². The van der Waals surface area contributed by atoms with Gasteiger partial charge in [-0.3, -0.25) is 9.20 Å². The van der Waals surface area contributed by atoms with Gasteiger partial charge in [0.1, 0.15) is 11.3 Å². The highest BCUT2D eigenvalue weighted by Gasteiger charge is 2.35. The highest BCUT2D eigenvalue weighted by molar-refractivity contribution is 5.90. The van der Waals surface area contributed by atoms with Gasteiger partial charge in [-0.25, -0.2) is 9.18 Å². The van der Waals surface area contributed by atoms with Crippen LogP contribution in [0.25, 0.3) is 5.52 Å². The molecule has 2 aliphatic rings. The Morgan fingerprint density at radius 1 is 1.42 bits per heavy atom. The number of ether oxygens (including phenoxy) is 1. The molecule has 0 amide bonds. The van der Waals surface area contributed by atoms with E-state index in [1.165, 1.54) is 6.07 Å². The number of aromatic nitrogens is 1. The normalized spacial score (nSPS) is 24.8. The zero-order valence-electron chi connectivity index (χ0n) is 14.5. The molecule has 0 aliphatic carbocycles. The summed E-state index contributed by atoms with van der Waals surface area (Å²) in [4.78, 5) is 25.8. The minimum Gasteiger partial charge on any atom is -0.488 e. The number of rotatable bonds is 2. The van der Waals surface area contributed by atoms with E-state index in [-0.39, 0.29) is 35.9 Å². The molecule has 138 valence electrons. The Morgan fingerprint density at radius 2 is 2.15 bits per heavy atom. The van der Waals surface area contributed by atoms with Gasteiger partial charge in [-0.1, -0.05) is 6.92 Å². The van der Waals surface area contributed by atoms with Crippen LogP contribution in [0.3, 0.4) is 0 Å². The lowest BCUT2D eigenvalue weighted by molar-refractivity contribution is 0.0694. The van der Waals surface area contributed by atoms with Gasteiger partial charge in [0, 0.05) is 24.5 Å². The Morgan fingerprint density at radius 3 is 2.77 bits per heavy atom. The molecule has 2 aliphatic heterocycles. The van der Waals surface area contributed by atoms with Crippen LogP contribution >= 0.6 is 0 Å². The fourth-order valence-corrected chi connectivity index (χ4v) is 4.03. The molecule has 7 nitrogen and oxygen atoms in total. The number of nitrogens with two attached hydrogens (primary N) is 1. The van der Waals surface area contributed by atoms with E-state index in [4.69, 9.17) is 10.5 Å². The number of carboxylic acids is 1. The largest absolute Gasteiger partial charge is 0.488 e. The van der Waals surface area contributed by atoms with Gasteiger partial charge in [-0.05, 0) is 25.0 Å². The Hall–Kier alpha value is -2.61. The van der Waals surface area contributed by atoms with Crippen molar-refractivity contribution in [2.45, 2.75) is 38.3 Å². The van der Waals surface area contributed by atoms with Crippen molar-refractivity contribution in [2.24, 2.45) is 5.73 Å². The van der Waals surface area contributed by atoms with E-state index < -0.39 is 17.3 Å². The van der Waals surface area contributed by atoms with Crippen molar-refractivity contribution >= 4 is 17.2 Å². The number of carboxylic acid groups (broad SMARTS) is 1. The van der Waals surface area contributed by atoms with E-state index in [1.54, 1.807) is 0 Å². The maximum Gasteiger partial charge on any atom is 0.341 e. The molecule has 3 atom stereocenters. The van der Waals surface area contributed by atoms with Crippen LogP contribution in [0.4, 0.5) is 10.1 Å². The molecule has 0 saturated carbocycles. The molecule has 3 N–H and O–H groups in total. The zero-order chi connectivity index (χ0) is 18.7. The van der Waals surface area contributed by atoms with Crippen LogP contribution in [-0.4, -0.2) is 40.7 Å². The summed E-state index contributed by atoms with van der Waals surface area (Å²) >= 11 is 0. The second-order valence-corrected chi connectivity index (χ2v) is 7.21. The third kappa shape index (κ3) is 2.28. The standard InChI is InChI=1S/C18H20FN3O4/c1-8-7-26-16-14-11(8)4-12(18(24)25)17(23)22(14)6-13(19)15(16)21-5-10(20)3-9(21)2/h4,6,8-10H,3,5,7,20H2,1-2H3,(H,24,25)/t8?,9-,10-/m0/s1. The number of hydrogen-bond donors (Lipinski definition) is 2. The zero-order valence-corrected chi connectivity index (χ0v) is 14.5. The number of nitrogens with zero attached hydrogens (tertiary/aromatic N) is 2. The smallest absolute Gasteiger partial charge is 0.341 e. The summed E-state index contributed by atoms with van der Waals surface area (Å²) in [7, 11) is 0. The van der Waals surface area contributed by atoms with Gasteiger partial charge in [0.15, 0.2) is 11.6 Å². The molecule has 1 fully saturated rings. The van der Waals surface area contributed by atoms with E-state index in [9.17, 15) is 14.7 Å². The van der Waals surface area contributed by atoms with E-state index in [2.05, 4.69) is 0 Å². The summed E-state index contributed by atoms with van der Waals surface area (Å²) in [5.74, 6) is -1.79. The summed E-state index contributed by atoms with van der Waals surface area (Å²) in [6.07, 6.45) is 1.79. The first-order valence-electron chi connectivity index (χ1n) is 8.59. The summed E-state index contributed by atoms with van der Waals surface area (Å²) in [6.45, 7) is 4.62. The highest BCUT2D eigenvalue weighted by atomic mass is 19.1. The quantitative estimate of drug-likeness (QED) is 0.843. The third-order valence-electron chi connectivity index (χ3n) is 5.30. The van der Waals surface area contributed by atoms with Crippen LogP contribution in [0, 0.1) is 5.82 Å². The van der Waals surface area contributed by atoms with Gasteiger partial charge in [0.05, 0.1) is 18.3 Å². The topological polar surface area (TPSA) is 97.3 Å². The van der Waals surface area contributed by atoms with Crippen LogP contribution in [0.15, 0.2) is 17.1 Å². The summed E-state index contributed by atoms with van der Waals surface area (Å²) in [5, 5.41) is 9.32. The molecular weight excluding hydrogens is 341 g/mol. The van der Waals surface area contributed by atoms with Crippen molar-refractivity contribution in [3.63, 3.8) is 0 Å². The lowest BCUT2D eigenvalue weighted by Crippen LogP contribution is -2.33. The second kappa shape index (κ2) is 5.70. The number of halogens is 1. The van der Waals surface area contributed by atoms with Crippen molar-refractivity contribution in [1.82, 2.24) is 4.40 Å². The van der Waals surface area contributed by atoms with Crippen LogP contribution < -0.4 is 20.9 Å². The Labute approximate surface area is 148 Å². The molecule has 4 rings (SSSR count). The molecule has 0 radical (unpaired) electrons. The molecule has 0 spiro atoms. The van der Waals surface area contributed by atoms with Crippen molar-refractivity contribution in [3.05, 3.63) is 39.6 Å². The monoisotopic (exact) mass is 361 g/mol. The van der Waals surface area contributed by atoms with Gasteiger partial charge in [-0.2, -0.15) is 0 Å². The molecule has 1 saturated heterocycles. The lowest BCUT2D eigenvalue weighted by Gasteiger charge is -2.31. The van der Waals surface area contributed by atoms with E-state index >= 15 is 4.39 Å². The molecule has 8 heteroatoms. The molecule has 0 bridgehead atoms. The summed E-state index contributed by atoms with van der Waals surface area (Å²) in [6, 6.07) is 1.36. The lowest BCUT2D eigenvalue weighted by atomic mass is 9.96. The van der Waals surface area contributed by atoms with Gasteiger partial charge in [-0.15, -0.1) is 0 Å². The molecule has 1 unspecified atom stereocenters. The first-order valence-corrected chi connectivity index (χ1v) is 8.59. The molecule has 2 aromatic rings. The number of anilines is 1. The second-order valence-electron chi connectivity index (χ2n) is 7.21. The number of aromatic carboxylic acids is 1. The van der Waals surface area contributed by atoms with Crippen molar-refractivity contribution in [2.75, 3.05) is 18.1 Å².